The van der Waals surface area contributed by atoms with Crippen LogP contribution in [0.1, 0.15) is 18.5 Å². The van der Waals surface area contributed by atoms with Crippen molar-refractivity contribution < 1.29 is 9.53 Å². The van der Waals surface area contributed by atoms with Gasteiger partial charge in [0.15, 0.2) is 0 Å². The molecule has 0 radical (unpaired) electrons. The minimum Gasteiger partial charge on any atom is -0.469 e. The summed E-state index contributed by atoms with van der Waals surface area (Å²) in [4.78, 5) is 11.2. The Morgan fingerprint density at radius 2 is 1.87 bits per heavy atom. The molecule has 1 rings (SSSR count). The minimum absolute atomic E-state index is 0. The topological polar surface area (TPSA) is 52.3 Å². The van der Waals surface area contributed by atoms with E-state index in [1.54, 1.807) is 6.92 Å². The summed E-state index contributed by atoms with van der Waals surface area (Å²) in [5.74, 6) is -0.594. The van der Waals surface area contributed by atoms with E-state index in [1.807, 2.05) is 30.3 Å². The SMILES string of the molecule is COC(=O)C(C)C(N)c1ccccc1.Cl. The molecular weight excluding hydrogens is 214 g/mol. The van der Waals surface area contributed by atoms with Crippen LogP contribution in [0.5, 0.6) is 0 Å². The maximum absolute atomic E-state index is 11.2. The molecule has 15 heavy (non-hydrogen) atoms. The quantitative estimate of drug-likeness (QED) is 0.806. The van der Waals surface area contributed by atoms with Gasteiger partial charge < -0.3 is 10.5 Å². The first-order valence-corrected chi connectivity index (χ1v) is 4.55. The molecule has 4 heteroatoms. The molecule has 0 saturated heterocycles. The lowest BCUT2D eigenvalue weighted by Gasteiger charge is -2.17. The lowest BCUT2D eigenvalue weighted by molar-refractivity contribution is -0.145. The first-order valence-electron chi connectivity index (χ1n) is 4.55. The van der Waals surface area contributed by atoms with E-state index in [9.17, 15) is 4.79 Å². The van der Waals surface area contributed by atoms with Gasteiger partial charge in [-0.25, -0.2) is 0 Å². The number of nitrogens with two attached hydrogens (primary N) is 1. The highest BCUT2D eigenvalue weighted by molar-refractivity contribution is 5.85. The Balaban J connectivity index is 0.00000196. The second-order valence-corrected chi connectivity index (χ2v) is 3.25. The lowest BCUT2D eigenvalue weighted by atomic mass is 9.96. The van der Waals surface area contributed by atoms with Gasteiger partial charge in [0, 0.05) is 6.04 Å². The molecule has 0 fully saturated rings. The van der Waals surface area contributed by atoms with Crippen molar-refractivity contribution in [2.45, 2.75) is 13.0 Å². The van der Waals surface area contributed by atoms with Crippen molar-refractivity contribution in [2.75, 3.05) is 7.11 Å². The van der Waals surface area contributed by atoms with Crippen molar-refractivity contribution >= 4 is 18.4 Å². The zero-order chi connectivity index (χ0) is 10.6. The van der Waals surface area contributed by atoms with Gasteiger partial charge in [-0.1, -0.05) is 37.3 Å². The van der Waals surface area contributed by atoms with Crippen molar-refractivity contribution in [2.24, 2.45) is 11.7 Å². The van der Waals surface area contributed by atoms with Crippen LogP contribution >= 0.6 is 12.4 Å². The van der Waals surface area contributed by atoms with Crippen molar-refractivity contribution in [3.8, 4) is 0 Å². The summed E-state index contributed by atoms with van der Waals surface area (Å²) >= 11 is 0. The molecular formula is C11H16ClNO2. The summed E-state index contributed by atoms with van der Waals surface area (Å²) in [5.41, 5.74) is 6.86. The smallest absolute Gasteiger partial charge is 0.310 e. The van der Waals surface area contributed by atoms with E-state index in [1.165, 1.54) is 7.11 Å². The molecule has 0 aromatic heterocycles. The van der Waals surface area contributed by atoms with E-state index in [-0.39, 0.29) is 30.3 Å². The fourth-order valence-corrected chi connectivity index (χ4v) is 1.30. The molecule has 1 aromatic rings. The van der Waals surface area contributed by atoms with Crippen LogP contribution in [0.4, 0.5) is 0 Å². The summed E-state index contributed by atoms with van der Waals surface area (Å²) < 4.78 is 4.64. The number of hydrogen-bond acceptors (Lipinski definition) is 3. The molecule has 84 valence electrons. The fraction of sp³-hybridized carbons (Fsp3) is 0.364. The normalized spacial score (nSPS) is 13.5. The van der Waals surface area contributed by atoms with Crippen LogP contribution in [0.15, 0.2) is 30.3 Å². The Bertz CT molecular complexity index is 303. The summed E-state index contributed by atoms with van der Waals surface area (Å²) in [5, 5.41) is 0. The highest BCUT2D eigenvalue weighted by atomic mass is 35.5. The number of carbonyl (C=O) groups is 1. The maximum atomic E-state index is 11.2. The summed E-state index contributed by atoms with van der Waals surface area (Å²) in [6, 6.07) is 9.23. The van der Waals surface area contributed by atoms with Crippen molar-refractivity contribution in [3.05, 3.63) is 35.9 Å². The van der Waals surface area contributed by atoms with Crippen LogP contribution in [0.2, 0.25) is 0 Å². The predicted octanol–water partition coefficient (Wildman–Crippen LogP) is 1.92. The third-order valence-corrected chi connectivity index (χ3v) is 2.30. The van der Waals surface area contributed by atoms with E-state index in [0.29, 0.717) is 0 Å². The first-order chi connectivity index (χ1) is 6.66. The third kappa shape index (κ3) is 3.53. The molecule has 0 saturated carbocycles. The lowest BCUT2D eigenvalue weighted by Crippen LogP contribution is -2.26. The van der Waals surface area contributed by atoms with E-state index in [4.69, 9.17) is 5.73 Å². The zero-order valence-corrected chi connectivity index (χ0v) is 9.66. The monoisotopic (exact) mass is 229 g/mol. The van der Waals surface area contributed by atoms with Gasteiger partial charge in [0.2, 0.25) is 0 Å². The number of ether oxygens (including phenoxy) is 1. The molecule has 0 spiro atoms. The van der Waals surface area contributed by atoms with E-state index in [2.05, 4.69) is 4.74 Å². The number of esters is 1. The molecule has 0 bridgehead atoms. The fourth-order valence-electron chi connectivity index (χ4n) is 1.30. The van der Waals surface area contributed by atoms with Crippen molar-refractivity contribution in [1.82, 2.24) is 0 Å². The number of benzene rings is 1. The maximum Gasteiger partial charge on any atom is 0.310 e. The van der Waals surface area contributed by atoms with Gasteiger partial charge in [-0.2, -0.15) is 0 Å². The molecule has 0 aliphatic carbocycles. The minimum atomic E-state index is -0.317. The summed E-state index contributed by atoms with van der Waals surface area (Å²) in [6.07, 6.45) is 0. The van der Waals surface area contributed by atoms with E-state index >= 15 is 0 Å². The number of halogens is 1. The van der Waals surface area contributed by atoms with Crippen LogP contribution in [0.25, 0.3) is 0 Å². The van der Waals surface area contributed by atoms with Crippen LogP contribution < -0.4 is 5.73 Å². The third-order valence-electron chi connectivity index (χ3n) is 2.30. The Morgan fingerprint density at radius 3 is 2.33 bits per heavy atom. The number of carbonyl (C=O) groups excluding carboxylic acids is 1. The largest absolute Gasteiger partial charge is 0.469 e. The van der Waals surface area contributed by atoms with Crippen molar-refractivity contribution in [1.29, 1.82) is 0 Å². The average molecular weight is 230 g/mol. The van der Waals surface area contributed by atoms with Crippen LogP contribution in [0, 0.1) is 5.92 Å². The molecule has 0 heterocycles. The molecule has 1 aromatic carbocycles. The van der Waals surface area contributed by atoms with E-state index < -0.39 is 0 Å². The van der Waals surface area contributed by atoms with Crippen LogP contribution in [0.3, 0.4) is 0 Å². The van der Waals surface area contributed by atoms with Crippen LogP contribution in [-0.2, 0) is 9.53 Å². The highest BCUT2D eigenvalue weighted by Gasteiger charge is 2.22. The van der Waals surface area contributed by atoms with Gasteiger partial charge >= 0.3 is 5.97 Å². The Morgan fingerprint density at radius 1 is 1.33 bits per heavy atom. The van der Waals surface area contributed by atoms with Gasteiger partial charge in [0.1, 0.15) is 0 Å². The highest BCUT2D eigenvalue weighted by Crippen LogP contribution is 2.19. The Hall–Kier alpha value is -1.06. The molecule has 0 aliphatic rings. The Labute approximate surface area is 96.0 Å². The molecule has 2 N–H and O–H groups in total. The molecule has 0 aliphatic heterocycles. The van der Waals surface area contributed by atoms with Gasteiger partial charge in [-0.05, 0) is 5.56 Å². The second-order valence-electron chi connectivity index (χ2n) is 3.25. The van der Waals surface area contributed by atoms with Crippen molar-refractivity contribution in [3.63, 3.8) is 0 Å². The molecule has 3 nitrogen and oxygen atoms in total. The predicted molar refractivity (Wildman–Crippen MR) is 61.8 cm³/mol. The number of hydrogen-bond donors (Lipinski definition) is 1. The summed E-state index contributed by atoms with van der Waals surface area (Å²) in [6.45, 7) is 1.77. The molecule has 0 amide bonds. The van der Waals surface area contributed by atoms with Gasteiger partial charge in [0.25, 0.3) is 0 Å². The van der Waals surface area contributed by atoms with Gasteiger partial charge in [0.05, 0.1) is 13.0 Å². The number of rotatable bonds is 3. The first kappa shape index (κ1) is 13.9. The van der Waals surface area contributed by atoms with Crippen LogP contribution in [-0.4, -0.2) is 13.1 Å². The zero-order valence-electron chi connectivity index (χ0n) is 8.84. The molecule has 2 unspecified atom stereocenters. The number of methoxy groups -OCH3 is 1. The van der Waals surface area contributed by atoms with E-state index in [0.717, 1.165) is 5.56 Å². The Kier molecular flexibility index (Phi) is 5.97. The standard InChI is InChI=1S/C11H15NO2.ClH/c1-8(11(13)14-2)10(12)9-6-4-3-5-7-9;/h3-8,10H,12H2,1-2H3;1H. The molecule has 2 atom stereocenters. The summed E-state index contributed by atoms with van der Waals surface area (Å²) in [7, 11) is 1.37. The average Bonchev–Trinajstić information content (AvgIpc) is 2.27. The van der Waals surface area contributed by atoms with Gasteiger partial charge in [-0.15, -0.1) is 12.4 Å². The van der Waals surface area contributed by atoms with Gasteiger partial charge in [-0.3, -0.25) is 4.79 Å². The second kappa shape index (κ2) is 6.43.